The third kappa shape index (κ3) is 3.31. The van der Waals surface area contributed by atoms with Crippen LogP contribution in [0, 0.1) is 12.3 Å². The topological polar surface area (TPSA) is 29.1 Å². The normalized spacial score (nSPS) is 22.1. The van der Waals surface area contributed by atoms with Crippen molar-refractivity contribution in [2.45, 2.75) is 33.1 Å². The smallest absolute Gasteiger partial charge is 0.170 e. The molecule has 1 heterocycles. The van der Waals surface area contributed by atoms with Crippen LogP contribution in [-0.4, -0.2) is 18.9 Å². The molecular formula is C15H21Cl2NO. The highest BCUT2D eigenvalue weighted by molar-refractivity contribution is 6.31. The second-order valence-electron chi connectivity index (χ2n) is 5.25. The summed E-state index contributed by atoms with van der Waals surface area (Å²) >= 11 is 6.12. The summed E-state index contributed by atoms with van der Waals surface area (Å²) in [6.45, 7) is 5.82. The highest BCUT2D eigenvalue weighted by Gasteiger charge is 2.40. The molecule has 0 spiro atoms. The molecule has 1 aliphatic heterocycles. The van der Waals surface area contributed by atoms with Crippen LogP contribution in [0.4, 0.5) is 0 Å². The number of Topliss-reactive ketones (excluding diaryl/α,β-unsaturated/α-hetero) is 1. The van der Waals surface area contributed by atoms with Crippen LogP contribution in [0.3, 0.4) is 0 Å². The van der Waals surface area contributed by atoms with Crippen LogP contribution in [0.1, 0.15) is 42.1 Å². The summed E-state index contributed by atoms with van der Waals surface area (Å²) in [7, 11) is 0. The molecule has 0 unspecified atom stereocenters. The number of rotatable bonds is 4. The van der Waals surface area contributed by atoms with E-state index in [1.807, 2.05) is 25.1 Å². The second-order valence-corrected chi connectivity index (χ2v) is 5.66. The third-order valence-electron chi connectivity index (χ3n) is 3.89. The molecule has 0 aromatic heterocycles. The molecule has 0 saturated carbocycles. The van der Waals surface area contributed by atoms with Gasteiger partial charge < -0.3 is 5.32 Å². The zero-order valence-corrected chi connectivity index (χ0v) is 13.0. The lowest BCUT2D eigenvalue weighted by atomic mass is 9.76. The number of halogens is 2. The van der Waals surface area contributed by atoms with Gasteiger partial charge in [0, 0.05) is 22.5 Å². The van der Waals surface area contributed by atoms with Gasteiger partial charge in [0.25, 0.3) is 0 Å². The van der Waals surface area contributed by atoms with Crippen molar-refractivity contribution in [2.75, 3.05) is 13.1 Å². The van der Waals surface area contributed by atoms with Crippen molar-refractivity contribution in [2.24, 2.45) is 5.41 Å². The van der Waals surface area contributed by atoms with E-state index in [1.54, 1.807) is 0 Å². The second kappa shape index (κ2) is 6.74. The molecule has 106 valence electrons. The van der Waals surface area contributed by atoms with Crippen molar-refractivity contribution in [3.05, 3.63) is 34.3 Å². The van der Waals surface area contributed by atoms with Crippen molar-refractivity contribution >= 4 is 29.8 Å². The van der Waals surface area contributed by atoms with Gasteiger partial charge in [0.05, 0.1) is 0 Å². The van der Waals surface area contributed by atoms with Gasteiger partial charge in [-0.05, 0) is 37.9 Å². The van der Waals surface area contributed by atoms with Crippen LogP contribution in [0.2, 0.25) is 5.02 Å². The molecule has 0 aliphatic carbocycles. The van der Waals surface area contributed by atoms with E-state index in [9.17, 15) is 4.79 Å². The minimum absolute atomic E-state index is 0. The first-order valence-corrected chi connectivity index (χ1v) is 6.98. The molecule has 1 aliphatic rings. The van der Waals surface area contributed by atoms with E-state index in [-0.39, 0.29) is 23.6 Å². The Hall–Kier alpha value is -0.570. The molecule has 0 bridgehead atoms. The molecule has 1 aromatic rings. The first-order chi connectivity index (χ1) is 8.59. The Bertz CT molecular complexity index is 453. The number of benzene rings is 1. The molecule has 1 atom stereocenters. The summed E-state index contributed by atoms with van der Waals surface area (Å²) < 4.78 is 0. The first kappa shape index (κ1) is 16.5. The Morgan fingerprint density at radius 3 is 2.74 bits per heavy atom. The summed E-state index contributed by atoms with van der Waals surface area (Å²) in [6, 6.07) is 5.64. The molecule has 4 heteroatoms. The number of ketones is 1. The molecule has 2 nitrogen and oxygen atoms in total. The third-order valence-corrected chi connectivity index (χ3v) is 4.30. The Morgan fingerprint density at radius 1 is 1.47 bits per heavy atom. The largest absolute Gasteiger partial charge is 0.316 e. The Balaban J connectivity index is 0.00000180. The van der Waals surface area contributed by atoms with E-state index in [1.165, 1.54) is 0 Å². The summed E-state index contributed by atoms with van der Waals surface area (Å²) in [5.74, 6) is 0.247. The number of carbonyl (C=O) groups excluding carboxylic acids is 1. The average Bonchev–Trinajstić information content (AvgIpc) is 2.82. The summed E-state index contributed by atoms with van der Waals surface area (Å²) in [4.78, 5) is 12.7. The Morgan fingerprint density at radius 2 is 2.21 bits per heavy atom. The Labute approximate surface area is 126 Å². The molecule has 1 saturated heterocycles. The fraction of sp³-hybridized carbons (Fsp3) is 0.533. The van der Waals surface area contributed by atoms with E-state index in [4.69, 9.17) is 11.6 Å². The van der Waals surface area contributed by atoms with Crippen LogP contribution in [0.5, 0.6) is 0 Å². The van der Waals surface area contributed by atoms with Gasteiger partial charge in [0.1, 0.15) is 0 Å². The maximum absolute atomic E-state index is 12.7. The van der Waals surface area contributed by atoms with Crippen molar-refractivity contribution < 1.29 is 4.79 Å². The number of carbonyl (C=O) groups is 1. The first-order valence-electron chi connectivity index (χ1n) is 6.61. The van der Waals surface area contributed by atoms with E-state index in [2.05, 4.69) is 12.2 Å². The molecule has 1 N–H and O–H groups in total. The molecule has 0 amide bonds. The van der Waals surface area contributed by atoms with Gasteiger partial charge >= 0.3 is 0 Å². The molecule has 19 heavy (non-hydrogen) atoms. The van der Waals surface area contributed by atoms with Gasteiger partial charge in [-0.1, -0.05) is 37.1 Å². The zero-order valence-electron chi connectivity index (χ0n) is 11.5. The molecular weight excluding hydrogens is 281 g/mol. The van der Waals surface area contributed by atoms with Gasteiger partial charge in [-0.25, -0.2) is 0 Å². The van der Waals surface area contributed by atoms with Crippen LogP contribution in [0.25, 0.3) is 0 Å². The number of hydrogen-bond acceptors (Lipinski definition) is 2. The lowest BCUT2D eigenvalue weighted by Gasteiger charge is -2.26. The minimum Gasteiger partial charge on any atom is -0.316 e. The summed E-state index contributed by atoms with van der Waals surface area (Å²) in [5.41, 5.74) is 1.55. The van der Waals surface area contributed by atoms with Crippen molar-refractivity contribution in [3.63, 3.8) is 0 Å². The van der Waals surface area contributed by atoms with Crippen molar-refractivity contribution in [1.29, 1.82) is 0 Å². The standard InChI is InChI=1S/C15H20ClNO.ClH/c1-3-6-15(7-8-17-10-15)14(18)12-5-4-11(2)13(16)9-12;/h4-5,9,17H,3,6-8,10H2,1-2H3;1H/t15-;/m0./s1. The van der Waals surface area contributed by atoms with Gasteiger partial charge in [-0.3, -0.25) is 4.79 Å². The van der Waals surface area contributed by atoms with Gasteiger partial charge in [0.15, 0.2) is 5.78 Å². The molecule has 0 radical (unpaired) electrons. The fourth-order valence-corrected chi connectivity index (χ4v) is 2.96. The summed E-state index contributed by atoms with van der Waals surface area (Å²) in [6.07, 6.45) is 2.92. The quantitative estimate of drug-likeness (QED) is 0.851. The summed E-state index contributed by atoms with van der Waals surface area (Å²) in [5, 5.41) is 4.00. The Kier molecular flexibility index (Phi) is 5.84. The lowest BCUT2D eigenvalue weighted by molar-refractivity contribution is 0.0802. The number of hydrogen-bond donors (Lipinski definition) is 1. The highest BCUT2D eigenvalue weighted by atomic mass is 35.5. The number of nitrogens with one attached hydrogen (secondary N) is 1. The maximum atomic E-state index is 12.7. The zero-order chi connectivity index (χ0) is 13.2. The van der Waals surface area contributed by atoms with Crippen LogP contribution < -0.4 is 5.32 Å². The van der Waals surface area contributed by atoms with Crippen LogP contribution >= 0.6 is 24.0 Å². The van der Waals surface area contributed by atoms with E-state index >= 15 is 0 Å². The predicted octanol–water partition coefficient (Wildman–Crippen LogP) is 4.03. The minimum atomic E-state index is -0.215. The van der Waals surface area contributed by atoms with E-state index in [0.717, 1.165) is 43.5 Å². The molecule has 1 fully saturated rings. The van der Waals surface area contributed by atoms with Crippen molar-refractivity contribution in [1.82, 2.24) is 5.32 Å². The number of aryl methyl sites for hydroxylation is 1. The SMILES string of the molecule is CCC[C@]1(C(=O)c2ccc(C)c(Cl)c2)CCNC1.Cl. The van der Waals surface area contributed by atoms with Crippen molar-refractivity contribution in [3.8, 4) is 0 Å². The monoisotopic (exact) mass is 301 g/mol. The van der Waals surface area contributed by atoms with Crippen LogP contribution in [-0.2, 0) is 0 Å². The van der Waals surface area contributed by atoms with Crippen LogP contribution in [0.15, 0.2) is 18.2 Å². The van der Waals surface area contributed by atoms with E-state index < -0.39 is 0 Å². The molecule has 2 rings (SSSR count). The maximum Gasteiger partial charge on any atom is 0.170 e. The highest BCUT2D eigenvalue weighted by Crippen LogP contribution is 2.35. The average molecular weight is 302 g/mol. The predicted molar refractivity (Wildman–Crippen MR) is 82.6 cm³/mol. The van der Waals surface area contributed by atoms with E-state index in [0.29, 0.717) is 5.02 Å². The van der Waals surface area contributed by atoms with Gasteiger partial charge in [-0.15, -0.1) is 12.4 Å². The fourth-order valence-electron chi connectivity index (χ4n) is 2.78. The van der Waals surface area contributed by atoms with Gasteiger partial charge in [-0.2, -0.15) is 0 Å². The molecule has 1 aromatic carbocycles. The lowest BCUT2D eigenvalue weighted by Crippen LogP contribution is -2.33. The van der Waals surface area contributed by atoms with Gasteiger partial charge in [0.2, 0.25) is 0 Å².